The summed E-state index contributed by atoms with van der Waals surface area (Å²) < 4.78 is 22.2. The number of nitrogens with zero attached hydrogens (tertiary/aromatic N) is 1. The predicted molar refractivity (Wildman–Crippen MR) is 103 cm³/mol. The van der Waals surface area contributed by atoms with Crippen LogP contribution in [0.15, 0.2) is 22.7 Å². The fourth-order valence-corrected chi connectivity index (χ4v) is 3.79. The van der Waals surface area contributed by atoms with Gasteiger partial charge in [-0.2, -0.15) is 0 Å². The molecule has 29 heavy (non-hydrogen) atoms. The molecule has 2 aliphatic rings. The molecule has 0 atom stereocenters. The van der Waals surface area contributed by atoms with Crippen LogP contribution >= 0.6 is 0 Å². The van der Waals surface area contributed by atoms with Gasteiger partial charge in [0.1, 0.15) is 11.3 Å². The number of fused-ring (bicyclic) bond motifs is 1. The summed E-state index contributed by atoms with van der Waals surface area (Å²) in [4.78, 5) is 24.5. The Bertz CT molecular complexity index is 929. The zero-order chi connectivity index (χ0) is 20.4. The van der Waals surface area contributed by atoms with Crippen LogP contribution in [0.3, 0.4) is 0 Å². The number of hydrogen-bond acceptors (Lipinski definition) is 7. The van der Waals surface area contributed by atoms with Gasteiger partial charge in [0.05, 0.1) is 5.69 Å². The number of aryl methyl sites for hydroxylation is 2. The van der Waals surface area contributed by atoms with Crippen LogP contribution in [0.25, 0.3) is 0 Å². The van der Waals surface area contributed by atoms with Gasteiger partial charge in [-0.1, -0.05) is 18.5 Å². The van der Waals surface area contributed by atoms with Crippen molar-refractivity contribution in [3.8, 4) is 11.5 Å². The smallest absolute Gasteiger partial charge is 0.344 e. The Labute approximate surface area is 168 Å². The van der Waals surface area contributed by atoms with Crippen molar-refractivity contribution in [2.24, 2.45) is 0 Å². The number of anilines is 1. The molecular weight excluding hydrogens is 376 g/mol. The summed E-state index contributed by atoms with van der Waals surface area (Å²) in [6.07, 6.45) is 5.61. The Hall–Kier alpha value is -3.03. The van der Waals surface area contributed by atoms with Gasteiger partial charge in [-0.05, 0) is 38.3 Å². The Morgan fingerprint density at radius 3 is 2.69 bits per heavy atom. The Kier molecular flexibility index (Phi) is 5.17. The number of esters is 1. The van der Waals surface area contributed by atoms with E-state index >= 15 is 0 Å². The first-order valence-electron chi connectivity index (χ1n) is 9.94. The molecule has 4 rings (SSSR count). The first-order chi connectivity index (χ1) is 14.0. The molecule has 1 aromatic carbocycles. The minimum Gasteiger partial charge on any atom is -0.452 e. The van der Waals surface area contributed by atoms with Crippen molar-refractivity contribution in [3.63, 3.8) is 0 Å². The molecule has 1 aliphatic carbocycles. The van der Waals surface area contributed by atoms with E-state index in [4.69, 9.17) is 18.7 Å². The first kappa shape index (κ1) is 19.3. The minimum atomic E-state index is -0.624. The van der Waals surface area contributed by atoms with E-state index in [9.17, 15) is 9.59 Å². The number of hydrogen-bond donors (Lipinski definition) is 1. The number of aromatic nitrogens is 1. The van der Waals surface area contributed by atoms with Crippen molar-refractivity contribution in [2.45, 2.75) is 58.2 Å². The van der Waals surface area contributed by atoms with Gasteiger partial charge >= 0.3 is 5.97 Å². The molecular formula is C21H24N2O6. The van der Waals surface area contributed by atoms with Crippen LogP contribution in [0, 0.1) is 6.92 Å². The van der Waals surface area contributed by atoms with E-state index < -0.39 is 24.3 Å². The Balaban J connectivity index is 1.35. The third-order valence-corrected chi connectivity index (χ3v) is 5.24. The summed E-state index contributed by atoms with van der Waals surface area (Å²) >= 11 is 0. The van der Waals surface area contributed by atoms with Gasteiger partial charge in [0, 0.05) is 24.6 Å². The van der Waals surface area contributed by atoms with E-state index in [1.54, 1.807) is 25.1 Å². The van der Waals surface area contributed by atoms with Gasteiger partial charge in [-0.3, -0.25) is 4.79 Å². The second-order valence-corrected chi connectivity index (χ2v) is 7.38. The molecule has 0 bridgehead atoms. The van der Waals surface area contributed by atoms with Gasteiger partial charge in [0.2, 0.25) is 0 Å². The number of benzene rings is 1. The molecule has 1 amide bonds. The number of carbonyl (C=O) groups excluding carboxylic acids is 2. The molecule has 1 aliphatic heterocycles. The van der Waals surface area contributed by atoms with E-state index in [1.165, 1.54) is 6.42 Å². The second-order valence-electron chi connectivity index (χ2n) is 7.38. The second kappa shape index (κ2) is 7.77. The Morgan fingerprint density at radius 2 is 1.93 bits per heavy atom. The van der Waals surface area contributed by atoms with Crippen molar-refractivity contribution in [2.75, 3.05) is 11.9 Å². The highest BCUT2D eigenvalue weighted by Crippen LogP contribution is 2.46. The molecule has 0 saturated heterocycles. The maximum Gasteiger partial charge on any atom is 0.344 e. The molecule has 2 heterocycles. The van der Waals surface area contributed by atoms with E-state index in [0.29, 0.717) is 35.1 Å². The normalized spacial score (nSPS) is 16.6. The molecule has 1 fully saturated rings. The summed E-state index contributed by atoms with van der Waals surface area (Å²) in [6.45, 7) is 3.08. The molecule has 8 nitrogen and oxygen atoms in total. The fourth-order valence-electron chi connectivity index (χ4n) is 3.79. The predicted octanol–water partition coefficient (Wildman–Crippen LogP) is 3.77. The molecule has 0 radical (unpaired) electrons. The van der Waals surface area contributed by atoms with E-state index in [1.807, 2.05) is 6.92 Å². The topological polar surface area (TPSA) is 99.9 Å². The molecule has 0 unspecified atom stereocenters. The number of nitrogens with one attached hydrogen (secondary N) is 1. The van der Waals surface area contributed by atoms with Gasteiger partial charge in [-0.25, -0.2) is 4.79 Å². The van der Waals surface area contributed by atoms with Crippen molar-refractivity contribution in [1.29, 1.82) is 0 Å². The maximum absolute atomic E-state index is 12.2. The van der Waals surface area contributed by atoms with Gasteiger partial charge < -0.3 is 24.1 Å². The number of amides is 1. The summed E-state index contributed by atoms with van der Waals surface area (Å²) in [6, 6.07) is 5.26. The van der Waals surface area contributed by atoms with Gasteiger partial charge in [0.15, 0.2) is 18.1 Å². The zero-order valence-electron chi connectivity index (χ0n) is 16.6. The van der Waals surface area contributed by atoms with Crippen LogP contribution in [-0.4, -0.2) is 29.4 Å². The lowest BCUT2D eigenvalue weighted by Crippen LogP contribution is -2.40. The maximum atomic E-state index is 12.2. The summed E-state index contributed by atoms with van der Waals surface area (Å²) in [5.74, 6) is 0.0458. The van der Waals surface area contributed by atoms with E-state index in [-0.39, 0.29) is 5.56 Å². The van der Waals surface area contributed by atoms with Crippen LogP contribution < -0.4 is 14.8 Å². The summed E-state index contributed by atoms with van der Waals surface area (Å²) in [5, 5.41) is 6.53. The Morgan fingerprint density at radius 1 is 1.17 bits per heavy atom. The lowest BCUT2D eigenvalue weighted by atomic mass is 9.94. The van der Waals surface area contributed by atoms with Crippen LogP contribution in [0.5, 0.6) is 11.5 Å². The molecule has 8 heteroatoms. The lowest BCUT2D eigenvalue weighted by molar-refractivity contribution is -0.119. The van der Waals surface area contributed by atoms with Gasteiger partial charge in [0.25, 0.3) is 11.7 Å². The minimum absolute atomic E-state index is 0.279. The quantitative estimate of drug-likeness (QED) is 0.763. The SMILES string of the molecule is CCc1noc(C)c1C(=O)OCC(=O)Nc1ccc2c(c1)OC1(CCCCC1)O2. The molecule has 1 spiro atoms. The van der Waals surface area contributed by atoms with Crippen molar-refractivity contribution >= 4 is 17.6 Å². The van der Waals surface area contributed by atoms with E-state index in [2.05, 4.69) is 10.5 Å². The highest BCUT2D eigenvalue weighted by molar-refractivity contribution is 5.96. The van der Waals surface area contributed by atoms with Crippen molar-refractivity contribution in [1.82, 2.24) is 5.16 Å². The molecule has 2 aromatic rings. The highest BCUT2D eigenvalue weighted by atomic mass is 16.7. The first-order valence-corrected chi connectivity index (χ1v) is 9.94. The van der Waals surface area contributed by atoms with Crippen molar-refractivity contribution < 1.29 is 28.3 Å². The van der Waals surface area contributed by atoms with E-state index in [0.717, 1.165) is 25.7 Å². The summed E-state index contributed by atoms with van der Waals surface area (Å²) in [5.41, 5.74) is 1.35. The van der Waals surface area contributed by atoms with Crippen LogP contribution in [0.4, 0.5) is 5.69 Å². The molecule has 1 saturated carbocycles. The third-order valence-electron chi connectivity index (χ3n) is 5.24. The zero-order valence-corrected chi connectivity index (χ0v) is 16.6. The number of ether oxygens (including phenoxy) is 3. The number of carbonyl (C=O) groups is 2. The average Bonchev–Trinajstić information content (AvgIpc) is 3.25. The highest BCUT2D eigenvalue weighted by Gasteiger charge is 2.42. The van der Waals surface area contributed by atoms with Crippen LogP contribution in [0.2, 0.25) is 0 Å². The summed E-state index contributed by atoms with van der Waals surface area (Å²) in [7, 11) is 0. The van der Waals surface area contributed by atoms with Gasteiger partial charge in [-0.15, -0.1) is 0 Å². The monoisotopic (exact) mass is 400 g/mol. The average molecular weight is 400 g/mol. The molecule has 154 valence electrons. The third kappa shape index (κ3) is 3.92. The largest absolute Gasteiger partial charge is 0.452 e. The van der Waals surface area contributed by atoms with Crippen LogP contribution in [0.1, 0.15) is 60.8 Å². The fraction of sp³-hybridized carbons (Fsp3) is 0.476. The molecule has 1 aromatic heterocycles. The standard InChI is InChI=1S/C21H24N2O6/c1-3-15-19(13(2)29-23-15)20(25)26-12-18(24)22-14-7-8-16-17(11-14)28-21(27-16)9-5-4-6-10-21/h7-8,11H,3-6,9-10,12H2,1-2H3,(H,22,24). The van der Waals surface area contributed by atoms with Crippen molar-refractivity contribution in [3.05, 3.63) is 35.2 Å². The van der Waals surface area contributed by atoms with Crippen LogP contribution in [-0.2, 0) is 16.0 Å². The number of rotatable bonds is 5. The molecule has 1 N–H and O–H groups in total. The lowest BCUT2D eigenvalue weighted by Gasteiger charge is -2.31.